The predicted molar refractivity (Wildman–Crippen MR) is 161 cm³/mol. The third-order valence-electron chi connectivity index (χ3n) is 7.71. The second-order valence-corrected chi connectivity index (χ2v) is 11.2. The monoisotopic (exact) mass is 722 g/mol. The Morgan fingerprint density at radius 3 is 1.51 bits per heavy atom. The van der Waals surface area contributed by atoms with Crippen molar-refractivity contribution in [1.29, 1.82) is 0 Å². The molecular formula is C32H34O19. The summed E-state index contributed by atoms with van der Waals surface area (Å²) in [7, 11) is 0. The summed E-state index contributed by atoms with van der Waals surface area (Å²) in [4.78, 5) is 72.6. The molecule has 0 aromatic heterocycles. The van der Waals surface area contributed by atoms with Crippen LogP contribution in [0.1, 0.15) is 55.3 Å². The molecule has 19 nitrogen and oxygen atoms in total. The lowest BCUT2D eigenvalue weighted by atomic mass is 9.96. The molecule has 10 atom stereocenters. The Labute approximate surface area is 287 Å². The van der Waals surface area contributed by atoms with Gasteiger partial charge in [-0.1, -0.05) is 24.3 Å². The van der Waals surface area contributed by atoms with Gasteiger partial charge in [0.2, 0.25) is 0 Å². The molecule has 6 N–H and O–H groups in total. The van der Waals surface area contributed by atoms with E-state index in [9.17, 15) is 59.4 Å². The van der Waals surface area contributed by atoms with Gasteiger partial charge in [0.05, 0.1) is 22.3 Å². The highest BCUT2D eigenvalue weighted by molar-refractivity contribution is 6.03. The zero-order valence-corrected chi connectivity index (χ0v) is 26.8. The van der Waals surface area contributed by atoms with E-state index in [1.165, 1.54) is 24.3 Å². The number of hydrogen-bond donors (Lipinski definition) is 6. The minimum Gasteiger partial charge on any atom is -0.478 e. The first-order valence-electron chi connectivity index (χ1n) is 15.1. The molecule has 0 radical (unpaired) electrons. The van der Waals surface area contributed by atoms with Crippen LogP contribution < -0.4 is 0 Å². The fourth-order valence-corrected chi connectivity index (χ4v) is 5.25. The van der Waals surface area contributed by atoms with E-state index in [1.807, 2.05) is 0 Å². The third-order valence-corrected chi connectivity index (χ3v) is 7.71. The van der Waals surface area contributed by atoms with E-state index in [1.54, 1.807) is 0 Å². The van der Waals surface area contributed by atoms with Gasteiger partial charge in [-0.25, -0.2) is 19.2 Å². The van der Waals surface area contributed by atoms with Crippen LogP contribution in [0.3, 0.4) is 0 Å². The molecule has 276 valence electrons. The zero-order valence-electron chi connectivity index (χ0n) is 26.8. The van der Waals surface area contributed by atoms with E-state index in [2.05, 4.69) is 0 Å². The van der Waals surface area contributed by atoms with Crippen molar-refractivity contribution in [2.24, 2.45) is 0 Å². The largest absolute Gasteiger partial charge is 0.478 e. The Kier molecular flexibility index (Phi) is 12.8. The van der Waals surface area contributed by atoms with E-state index < -0.39 is 133 Å². The van der Waals surface area contributed by atoms with Gasteiger partial charge in [-0.3, -0.25) is 9.59 Å². The minimum absolute atomic E-state index is 0.452. The van der Waals surface area contributed by atoms with Gasteiger partial charge in [0.15, 0.2) is 24.8 Å². The molecule has 2 aliphatic heterocycles. The van der Waals surface area contributed by atoms with E-state index in [4.69, 9.17) is 33.2 Å². The average molecular weight is 723 g/mol. The Hall–Kier alpha value is -5.02. The molecule has 51 heavy (non-hydrogen) atoms. The van der Waals surface area contributed by atoms with Gasteiger partial charge in [-0.2, -0.15) is 0 Å². The van der Waals surface area contributed by atoms with Crippen molar-refractivity contribution in [3.63, 3.8) is 0 Å². The van der Waals surface area contributed by atoms with Crippen molar-refractivity contribution in [2.45, 2.75) is 75.3 Å². The standard InChI is InChI=1S/C32H34O19/c1-13(33)45-11-19-21(35)25(49-29(42)17-9-5-3-7-15(17)27(38)39)23(37)32(48-19)51-24-20(12-46-14(2)34)47-31(44)26(22(24)36)50-30(43)18-10-6-4-8-16(18)28(40)41/h3-10,19-26,31-32,35-37,44H,11-12H2,1-2H3,(H,38,39)(H,40,41)/t19-,20-,21-,22+,23-,24-,25+,26-,31-,32+/m1/s1. The molecule has 2 heterocycles. The molecule has 0 aliphatic carbocycles. The number of aliphatic hydroxyl groups excluding tert-OH is 4. The number of aliphatic hydroxyl groups is 4. The third kappa shape index (κ3) is 9.21. The van der Waals surface area contributed by atoms with Crippen molar-refractivity contribution in [2.75, 3.05) is 13.2 Å². The first-order chi connectivity index (χ1) is 24.1. The summed E-state index contributed by atoms with van der Waals surface area (Å²) in [5.41, 5.74) is -1.84. The number of carbonyl (C=O) groups excluding carboxylic acids is 4. The van der Waals surface area contributed by atoms with Crippen molar-refractivity contribution >= 4 is 35.8 Å². The highest BCUT2D eigenvalue weighted by atomic mass is 16.7. The van der Waals surface area contributed by atoms with E-state index >= 15 is 0 Å². The van der Waals surface area contributed by atoms with Crippen LogP contribution in [0.4, 0.5) is 0 Å². The molecule has 0 amide bonds. The summed E-state index contributed by atoms with van der Waals surface area (Å²) in [6.07, 6.45) is -19.2. The zero-order chi connectivity index (χ0) is 37.6. The molecule has 4 rings (SSSR count). The Morgan fingerprint density at radius 1 is 0.588 bits per heavy atom. The summed E-state index contributed by atoms with van der Waals surface area (Å²) >= 11 is 0. The van der Waals surface area contributed by atoms with Gasteiger partial charge in [0.1, 0.15) is 49.8 Å². The second kappa shape index (κ2) is 16.8. The van der Waals surface area contributed by atoms with Crippen LogP contribution in [0.5, 0.6) is 0 Å². The fourth-order valence-electron chi connectivity index (χ4n) is 5.25. The SMILES string of the molecule is CC(=O)OC[C@H]1O[C@@H](O[C@H]2[C@H](O)[C@@H](OC(=O)c3ccccc3C(=O)O)[C@H](O)O[C@@H]2COC(C)=O)[C@H](O)[C@@H](OC(=O)c2ccccc2C(=O)O)[C@@H]1O. The van der Waals surface area contributed by atoms with E-state index in [-0.39, 0.29) is 0 Å². The molecule has 0 bridgehead atoms. The lowest BCUT2D eigenvalue weighted by Gasteiger charge is -2.46. The summed E-state index contributed by atoms with van der Waals surface area (Å²) in [5, 5.41) is 63.3. The van der Waals surface area contributed by atoms with Gasteiger partial charge in [0, 0.05) is 13.8 Å². The van der Waals surface area contributed by atoms with Crippen LogP contribution in [-0.2, 0) is 42.7 Å². The van der Waals surface area contributed by atoms with Crippen molar-refractivity contribution < 1.29 is 92.6 Å². The maximum absolute atomic E-state index is 13.1. The van der Waals surface area contributed by atoms with E-state index in [0.29, 0.717) is 0 Å². The Balaban J connectivity index is 1.64. The van der Waals surface area contributed by atoms with Crippen LogP contribution in [0.25, 0.3) is 0 Å². The smallest absolute Gasteiger partial charge is 0.339 e. The number of esters is 4. The molecule has 2 aromatic carbocycles. The number of carboxylic acid groups (broad SMARTS) is 2. The number of carbonyl (C=O) groups is 6. The van der Waals surface area contributed by atoms with Crippen LogP contribution >= 0.6 is 0 Å². The first kappa shape index (κ1) is 38.8. The lowest BCUT2D eigenvalue weighted by molar-refractivity contribution is -0.354. The molecule has 0 saturated carbocycles. The molecule has 2 fully saturated rings. The topological polar surface area (TPSA) is 288 Å². The summed E-state index contributed by atoms with van der Waals surface area (Å²) in [6, 6.07) is 9.80. The van der Waals surface area contributed by atoms with Gasteiger partial charge >= 0.3 is 35.8 Å². The fraction of sp³-hybridized carbons (Fsp3) is 0.438. The van der Waals surface area contributed by atoms with Crippen LogP contribution in [0.15, 0.2) is 48.5 Å². The van der Waals surface area contributed by atoms with Crippen molar-refractivity contribution in [3.05, 3.63) is 70.8 Å². The first-order valence-corrected chi connectivity index (χ1v) is 15.1. The summed E-state index contributed by atoms with van der Waals surface area (Å²) in [6.45, 7) is 0.691. The number of ether oxygens (including phenoxy) is 7. The number of rotatable bonds is 12. The highest BCUT2D eigenvalue weighted by Crippen LogP contribution is 2.32. The van der Waals surface area contributed by atoms with Crippen LogP contribution in [-0.4, -0.2) is 141 Å². The minimum atomic E-state index is -2.13. The highest BCUT2D eigenvalue weighted by Gasteiger charge is 2.53. The molecular weight excluding hydrogens is 688 g/mol. The molecule has 2 aromatic rings. The van der Waals surface area contributed by atoms with Crippen LogP contribution in [0, 0.1) is 0 Å². The summed E-state index contributed by atoms with van der Waals surface area (Å²) in [5.74, 6) is -7.22. The Morgan fingerprint density at radius 2 is 1.04 bits per heavy atom. The van der Waals surface area contributed by atoms with Gasteiger partial charge in [-0.15, -0.1) is 0 Å². The maximum Gasteiger partial charge on any atom is 0.339 e. The normalized spacial score (nSPS) is 28.9. The quantitative estimate of drug-likeness (QED) is 0.112. The molecule has 0 unspecified atom stereocenters. The Bertz CT molecular complexity index is 1620. The van der Waals surface area contributed by atoms with Gasteiger partial charge in [0.25, 0.3) is 0 Å². The molecule has 2 saturated heterocycles. The number of benzene rings is 2. The van der Waals surface area contributed by atoms with E-state index in [0.717, 1.165) is 38.1 Å². The number of hydrogen-bond acceptors (Lipinski definition) is 17. The number of aromatic carboxylic acids is 2. The van der Waals surface area contributed by atoms with Gasteiger partial charge in [-0.05, 0) is 24.3 Å². The molecule has 2 aliphatic rings. The molecule has 19 heteroatoms. The second-order valence-electron chi connectivity index (χ2n) is 11.2. The molecule has 0 spiro atoms. The van der Waals surface area contributed by atoms with Crippen LogP contribution in [0.2, 0.25) is 0 Å². The lowest BCUT2D eigenvalue weighted by Crippen LogP contribution is -2.65. The number of carboxylic acids is 2. The predicted octanol–water partition coefficient (Wildman–Crippen LogP) is -1.13. The van der Waals surface area contributed by atoms with Crippen molar-refractivity contribution in [1.82, 2.24) is 0 Å². The maximum atomic E-state index is 13.1. The summed E-state index contributed by atoms with van der Waals surface area (Å²) < 4.78 is 37.3. The average Bonchev–Trinajstić information content (AvgIpc) is 3.08. The van der Waals surface area contributed by atoms with Gasteiger partial charge < -0.3 is 63.8 Å². The van der Waals surface area contributed by atoms with Crippen molar-refractivity contribution in [3.8, 4) is 0 Å².